The number of unbranched alkanes of at least 4 members (excludes halogenated alkanes) is 1. The van der Waals surface area contributed by atoms with Crippen LogP contribution in [0, 0.1) is 11.3 Å². The van der Waals surface area contributed by atoms with Gasteiger partial charge >= 0.3 is 6.18 Å². The fourth-order valence-electron chi connectivity index (χ4n) is 2.11. The second-order valence-electron chi connectivity index (χ2n) is 5.38. The number of halogens is 3. The normalized spacial score (nSPS) is 10.8. The molecule has 0 unspecified atom stereocenters. The number of alkyl halides is 3. The number of nitrogens with one attached hydrogen (secondary N) is 1. The first-order chi connectivity index (χ1) is 12.4. The van der Waals surface area contributed by atoms with Crippen LogP contribution in [0.25, 0.3) is 0 Å². The lowest BCUT2D eigenvalue weighted by molar-refractivity contribution is -0.137. The number of benzene rings is 1. The van der Waals surface area contributed by atoms with Gasteiger partial charge in [0.2, 0.25) is 5.91 Å². The molecule has 0 saturated carbocycles. The SMILES string of the molecule is N#CCCCOc1cccnc1NC(=O)Cc1ccc(C(F)(F)F)cc1. The van der Waals surface area contributed by atoms with Gasteiger partial charge in [-0.3, -0.25) is 4.79 Å². The number of carbonyl (C=O) groups excluding carboxylic acids is 1. The molecule has 1 aromatic heterocycles. The van der Waals surface area contributed by atoms with E-state index in [4.69, 9.17) is 10.00 Å². The number of rotatable bonds is 7. The maximum atomic E-state index is 12.5. The minimum atomic E-state index is -4.41. The maximum absolute atomic E-state index is 12.5. The number of amides is 1. The summed E-state index contributed by atoms with van der Waals surface area (Å²) in [5.74, 6) is 0.165. The number of anilines is 1. The summed E-state index contributed by atoms with van der Waals surface area (Å²) in [7, 11) is 0. The molecule has 136 valence electrons. The molecular weight excluding hydrogens is 347 g/mol. The van der Waals surface area contributed by atoms with Crippen LogP contribution >= 0.6 is 0 Å². The van der Waals surface area contributed by atoms with Gasteiger partial charge in [-0.25, -0.2) is 4.98 Å². The molecule has 0 bridgehead atoms. The highest BCUT2D eigenvalue weighted by molar-refractivity contribution is 5.92. The minimum absolute atomic E-state index is 0.0947. The monoisotopic (exact) mass is 363 g/mol. The highest BCUT2D eigenvalue weighted by Gasteiger charge is 2.29. The lowest BCUT2D eigenvalue weighted by atomic mass is 10.1. The van der Waals surface area contributed by atoms with E-state index in [1.54, 1.807) is 12.1 Å². The van der Waals surface area contributed by atoms with E-state index in [9.17, 15) is 18.0 Å². The molecule has 26 heavy (non-hydrogen) atoms. The standard InChI is InChI=1S/C18H16F3N3O2/c19-18(20,21)14-7-5-13(6-8-14)12-16(25)24-17-15(4-3-10-23-17)26-11-2-1-9-22/h3-8,10H,1-2,11-12H2,(H,23,24,25). The molecule has 5 nitrogen and oxygen atoms in total. The maximum Gasteiger partial charge on any atom is 0.416 e. The third kappa shape index (κ3) is 5.77. The number of pyridine rings is 1. The van der Waals surface area contributed by atoms with Crippen molar-refractivity contribution in [1.82, 2.24) is 4.98 Å². The zero-order valence-corrected chi connectivity index (χ0v) is 13.7. The van der Waals surface area contributed by atoms with Crippen molar-refractivity contribution in [2.24, 2.45) is 0 Å². The lowest BCUT2D eigenvalue weighted by Crippen LogP contribution is -2.16. The Morgan fingerprint density at radius 1 is 1.23 bits per heavy atom. The molecule has 0 fully saturated rings. The predicted octanol–water partition coefficient (Wildman–Crippen LogP) is 3.96. The van der Waals surface area contributed by atoms with Gasteiger partial charge in [0.25, 0.3) is 0 Å². The number of aromatic nitrogens is 1. The first-order valence-corrected chi connectivity index (χ1v) is 7.81. The van der Waals surface area contributed by atoms with Crippen molar-refractivity contribution in [1.29, 1.82) is 5.26 Å². The summed E-state index contributed by atoms with van der Waals surface area (Å²) in [6, 6.07) is 9.68. The molecule has 0 radical (unpaired) electrons. The highest BCUT2D eigenvalue weighted by atomic mass is 19.4. The fourth-order valence-corrected chi connectivity index (χ4v) is 2.11. The van der Waals surface area contributed by atoms with Crippen molar-refractivity contribution in [2.75, 3.05) is 11.9 Å². The molecule has 2 rings (SSSR count). The molecular formula is C18H16F3N3O2. The molecule has 8 heteroatoms. The van der Waals surface area contributed by atoms with E-state index in [-0.39, 0.29) is 12.2 Å². The van der Waals surface area contributed by atoms with E-state index in [0.29, 0.717) is 30.8 Å². The Balaban J connectivity index is 1.96. The number of nitriles is 1. The second-order valence-corrected chi connectivity index (χ2v) is 5.38. The van der Waals surface area contributed by atoms with Crippen LogP contribution in [0.2, 0.25) is 0 Å². The van der Waals surface area contributed by atoms with Crippen molar-refractivity contribution in [3.05, 3.63) is 53.7 Å². The van der Waals surface area contributed by atoms with Crippen LogP contribution in [0.4, 0.5) is 19.0 Å². The van der Waals surface area contributed by atoms with Crippen molar-refractivity contribution in [2.45, 2.75) is 25.4 Å². The van der Waals surface area contributed by atoms with E-state index in [1.165, 1.54) is 18.3 Å². The lowest BCUT2D eigenvalue weighted by Gasteiger charge is -2.11. The minimum Gasteiger partial charge on any atom is -0.490 e. The van der Waals surface area contributed by atoms with Crippen LogP contribution in [-0.2, 0) is 17.4 Å². The molecule has 2 aromatic rings. The number of nitrogens with zero attached hydrogens (tertiary/aromatic N) is 2. The summed E-state index contributed by atoms with van der Waals surface area (Å²) in [6.45, 7) is 0.307. The Morgan fingerprint density at radius 3 is 2.62 bits per heavy atom. The van der Waals surface area contributed by atoms with Gasteiger partial charge in [0, 0.05) is 12.6 Å². The van der Waals surface area contributed by atoms with Crippen molar-refractivity contribution in [3.63, 3.8) is 0 Å². The van der Waals surface area contributed by atoms with E-state index in [0.717, 1.165) is 12.1 Å². The molecule has 1 aromatic carbocycles. The van der Waals surface area contributed by atoms with Crippen LogP contribution in [0.3, 0.4) is 0 Å². The largest absolute Gasteiger partial charge is 0.490 e. The van der Waals surface area contributed by atoms with E-state index < -0.39 is 17.6 Å². The first kappa shape index (κ1) is 19.2. The molecule has 1 heterocycles. The summed E-state index contributed by atoms with van der Waals surface area (Å²) in [6.07, 6.45) is -2.12. The van der Waals surface area contributed by atoms with Gasteiger partial charge in [0.15, 0.2) is 11.6 Å². The summed E-state index contributed by atoms with van der Waals surface area (Å²) in [5, 5.41) is 11.1. The van der Waals surface area contributed by atoms with Gasteiger partial charge in [-0.05, 0) is 36.2 Å². The smallest absolute Gasteiger partial charge is 0.416 e. The molecule has 0 aliphatic rings. The number of hydrogen-bond donors (Lipinski definition) is 1. The van der Waals surface area contributed by atoms with Crippen molar-refractivity contribution in [3.8, 4) is 11.8 Å². The topological polar surface area (TPSA) is 75.0 Å². The average molecular weight is 363 g/mol. The second kappa shape index (κ2) is 8.85. The van der Waals surface area contributed by atoms with Crippen LogP contribution in [-0.4, -0.2) is 17.5 Å². The Kier molecular flexibility index (Phi) is 6.55. The summed E-state index contributed by atoms with van der Waals surface area (Å²) >= 11 is 0. The molecule has 0 aliphatic heterocycles. The van der Waals surface area contributed by atoms with Gasteiger partial charge in [-0.2, -0.15) is 18.4 Å². The highest BCUT2D eigenvalue weighted by Crippen LogP contribution is 2.29. The first-order valence-electron chi connectivity index (χ1n) is 7.81. The summed E-state index contributed by atoms with van der Waals surface area (Å²) in [5.41, 5.74) is -0.317. The molecule has 0 saturated heterocycles. The van der Waals surface area contributed by atoms with Gasteiger partial charge in [-0.1, -0.05) is 12.1 Å². The van der Waals surface area contributed by atoms with Gasteiger partial charge in [0.1, 0.15) is 0 Å². The molecule has 1 N–H and O–H groups in total. The zero-order chi connectivity index (χ0) is 19.0. The molecule has 0 aliphatic carbocycles. The number of hydrogen-bond acceptors (Lipinski definition) is 4. The van der Waals surface area contributed by atoms with Gasteiger partial charge in [0.05, 0.1) is 24.7 Å². The molecule has 0 atom stereocenters. The molecule has 1 amide bonds. The Hall–Kier alpha value is -3.08. The van der Waals surface area contributed by atoms with E-state index in [1.807, 2.05) is 6.07 Å². The number of ether oxygens (including phenoxy) is 1. The van der Waals surface area contributed by atoms with Crippen molar-refractivity contribution >= 4 is 11.7 Å². The third-order valence-electron chi connectivity index (χ3n) is 3.36. The zero-order valence-electron chi connectivity index (χ0n) is 13.7. The van der Waals surface area contributed by atoms with Crippen LogP contribution in [0.15, 0.2) is 42.6 Å². The van der Waals surface area contributed by atoms with Crippen LogP contribution in [0.1, 0.15) is 24.0 Å². The van der Waals surface area contributed by atoms with Gasteiger partial charge in [-0.15, -0.1) is 0 Å². The van der Waals surface area contributed by atoms with Crippen LogP contribution in [0.5, 0.6) is 5.75 Å². The molecule has 0 spiro atoms. The predicted molar refractivity (Wildman–Crippen MR) is 88.4 cm³/mol. The van der Waals surface area contributed by atoms with Crippen LogP contribution < -0.4 is 10.1 Å². The third-order valence-corrected chi connectivity index (χ3v) is 3.36. The Morgan fingerprint density at radius 2 is 1.96 bits per heavy atom. The quantitative estimate of drug-likeness (QED) is 0.756. The number of carbonyl (C=O) groups is 1. The van der Waals surface area contributed by atoms with E-state index in [2.05, 4.69) is 10.3 Å². The van der Waals surface area contributed by atoms with Gasteiger partial charge < -0.3 is 10.1 Å². The Bertz CT molecular complexity index is 784. The average Bonchev–Trinajstić information content (AvgIpc) is 2.59. The fraction of sp³-hybridized carbons (Fsp3) is 0.278. The van der Waals surface area contributed by atoms with Crippen molar-refractivity contribution < 1.29 is 22.7 Å². The summed E-state index contributed by atoms with van der Waals surface area (Å²) < 4.78 is 43.1. The summed E-state index contributed by atoms with van der Waals surface area (Å²) in [4.78, 5) is 16.2. The Labute approximate surface area is 148 Å². The van der Waals surface area contributed by atoms with E-state index >= 15 is 0 Å².